The summed E-state index contributed by atoms with van der Waals surface area (Å²) < 4.78 is 48.3. The number of piperidine rings is 1. The number of benzene rings is 2. The lowest BCUT2D eigenvalue weighted by atomic mass is 10.1. The lowest BCUT2D eigenvalue weighted by Crippen LogP contribution is -2.39. The third-order valence-corrected chi connectivity index (χ3v) is 7.87. The normalized spacial score (nSPS) is 16.5. The standard InChI is InChI=1S/C19H19FN2O4S2/c1-26-17-7-6-14(28(24,25)21-10-8-13(20)9-11-21)12-16(17)22-19(23)15-4-2-3-5-18(15)27-22/h2-7,12-13H,8-11H2,1H3. The van der Waals surface area contributed by atoms with E-state index in [0.717, 1.165) is 4.70 Å². The first-order chi connectivity index (χ1) is 13.4. The van der Waals surface area contributed by atoms with E-state index >= 15 is 0 Å². The van der Waals surface area contributed by atoms with E-state index < -0.39 is 16.2 Å². The molecule has 0 bridgehead atoms. The Morgan fingerprint density at radius 3 is 2.54 bits per heavy atom. The number of rotatable bonds is 4. The van der Waals surface area contributed by atoms with Crippen molar-refractivity contribution in [2.45, 2.75) is 23.9 Å². The van der Waals surface area contributed by atoms with Crippen molar-refractivity contribution in [1.29, 1.82) is 0 Å². The quantitative estimate of drug-likeness (QED) is 0.648. The average molecular weight is 423 g/mol. The smallest absolute Gasteiger partial charge is 0.273 e. The van der Waals surface area contributed by atoms with E-state index in [9.17, 15) is 17.6 Å². The Morgan fingerprint density at radius 1 is 1.14 bits per heavy atom. The van der Waals surface area contributed by atoms with Crippen LogP contribution in [-0.2, 0) is 10.0 Å². The van der Waals surface area contributed by atoms with Crippen LogP contribution in [0.2, 0.25) is 0 Å². The molecule has 9 heteroatoms. The number of methoxy groups -OCH3 is 1. The fourth-order valence-electron chi connectivity index (χ4n) is 3.33. The van der Waals surface area contributed by atoms with Crippen LogP contribution in [-0.4, -0.2) is 43.1 Å². The van der Waals surface area contributed by atoms with Gasteiger partial charge in [0.1, 0.15) is 17.6 Å². The molecule has 3 aromatic rings. The van der Waals surface area contributed by atoms with Crippen molar-refractivity contribution in [2.24, 2.45) is 0 Å². The zero-order chi connectivity index (χ0) is 19.9. The van der Waals surface area contributed by atoms with E-state index in [4.69, 9.17) is 4.74 Å². The molecule has 1 aromatic heterocycles. The van der Waals surface area contributed by atoms with Gasteiger partial charge in [-0.2, -0.15) is 4.31 Å². The number of sulfonamides is 1. The third kappa shape index (κ3) is 3.23. The number of nitrogens with zero attached hydrogens (tertiary/aromatic N) is 2. The fraction of sp³-hybridized carbons (Fsp3) is 0.316. The molecule has 4 rings (SSSR count). The largest absolute Gasteiger partial charge is 0.495 e. The van der Waals surface area contributed by atoms with Gasteiger partial charge in [-0.05, 0) is 43.2 Å². The van der Waals surface area contributed by atoms with Gasteiger partial charge in [0.05, 0.1) is 22.1 Å². The van der Waals surface area contributed by atoms with E-state index in [1.807, 2.05) is 12.1 Å². The van der Waals surface area contributed by atoms with Crippen molar-refractivity contribution < 1.29 is 17.5 Å². The summed E-state index contributed by atoms with van der Waals surface area (Å²) in [5, 5.41) is 0.563. The maximum Gasteiger partial charge on any atom is 0.273 e. The van der Waals surface area contributed by atoms with Gasteiger partial charge < -0.3 is 4.74 Å². The molecule has 0 atom stereocenters. The Bertz CT molecular complexity index is 1180. The minimum Gasteiger partial charge on any atom is -0.495 e. The SMILES string of the molecule is COc1ccc(S(=O)(=O)N2CCC(F)CC2)cc1-n1sc2ccccc2c1=O. The highest BCUT2D eigenvalue weighted by Crippen LogP contribution is 2.31. The van der Waals surface area contributed by atoms with Gasteiger partial charge in [-0.3, -0.25) is 4.79 Å². The van der Waals surface area contributed by atoms with E-state index in [1.165, 1.54) is 39.0 Å². The summed E-state index contributed by atoms with van der Waals surface area (Å²) in [5.74, 6) is 0.398. The summed E-state index contributed by atoms with van der Waals surface area (Å²) in [6.07, 6.45) is -0.578. The molecule has 6 nitrogen and oxygen atoms in total. The highest BCUT2D eigenvalue weighted by atomic mass is 32.2. The second-order valence-corrected chi connectivity index (χ2v) is 9.52. The summed E-state index contributed by atoms with van der Waals surface area (Å²) >= 11 is 1.23. The fourth-order valence-corrected chi connectivity index (χ4v) is 5.84. The lowest BCUT2D eigenvalue weighted by molar-refractivity contribution is 0.210. The third-order valence-electron chi connectivity index (χ3n) is 4.88. The molecule has 0 aliphatic carbocycles. The van der Waals surface area contributed by atoms with Crippen molar-refractivity contribution in [2.75, 3.05) is 20.2 Å². The predicted octanol–water partition coefficient (Wildman–Crippen LogP) is 3.18. The number of hydrogen-bond acceptors (Lipinski definition) is 5. The van der Waals surface area contributed by atoms with Crippen molar-refractivity contribution in [3.63, 3.8) is 0 Å². The number of ether oxygens (including phenoxy) is 1. The summed E-state index contributed by atoms with van der Waals surface area (Å²) in [6, 6.07) is 11.7. The Hall–Kier alpha value is -2.23. The van der Waals surface area contributed by atoms with Crippen LogP contribution in [0.25, 0.3) is 15.8 Å². The summed E-state index contributed by atoms with van der Waals surface area (Å²) in [6.45, 7) is 0.293. The van der Waals surface area contributed by atoms with Crippen LogP contribution < -0.4 is 10.3 Å². The summed E-state index contributed by atoms with van der Waals surface area (Å²) in [4.78, 5) is 12.9. The summed E-state index contributed by atoms with van der Waals surface area (Å²) in [7, 11) is -2.31. The molecule has 0 amide bonds. The van der Waals surface area contributed by atoms with Crippen molar-refractivity contribution in [3.05, 3.63) is 52.8 Å². The molecule has 1 saturated heterocycles. The molecule has 0 radical (unpaired) electrons. The van der Waals surface area contributed by atoms with Crippen molar-refractivity contribution >= 4 is 31.6 Å². The lowest BCUT2D eigenvalue weighted by Gasteiger charge is -2.28. The van der Waals surface area contributed by atoms with Gasteiger partial charge in [0.15, 0.2) is 0 Å². The number of aromatic nitrogens is 1. The molecule has 2 heterocycles. The molecule has 0 N–H and O–H groups in total. The van der Waals surface area contributed by atoms with Crippen molar-refractivity contribution in [1.82, 2.24) is 8.26 Å². The van der Waals surface area contributed by atoms with Gasteiger partial charge in [-0.25, -0.2) is 16.8 Å². The van der Waals surface area contributed by atoms with E-state index in [-0.39, 0.29) is 36.4 Å². The van der Waals surface area contributed by atoms with E-state index in [0.29, 0.717) is 16.8 Å². The molecule has 1 aliphatic rings. The summed E-state index contributed by atoms with van der Waals surface area (Å²) in [5.41, 5.74) is 0.141. The average Bonchev–Trinajstić information content (AvgIpc) is 3.04. The van der Waals surface area contributed by atoms with Crippen LogP contribution in [0.5, 0.6) is 5.75 Å². The molecule has 0 spiro atoms. The highest BCUT2D eigenvalue weighted by molar-refractivity contribution is 7.89. The molecular formula is C19H19FN2O4S2. The second kappa shape index (κ2) is 7.31. The van der Waals surface area contributed by atoms with E-state index in [1.54, 1.807) is 18.2 Å². The highest BCUT2D eigenvalue weighted by Gasteiger charge is 2.30. The zero-order valence-electron chi connectivity index (χ0n) is 15.2. The molecule has 1 aliphatic heterocycles. The second-order valence-electron chi connectivity index (χ2n) is 6.60. The number of fused-ring (bicyclic) bond motifs is 1. The Labute approximate surface area is 166 Å². The van der Waals surface area contributed by atoms with Gasteiger partial charge in [-0.1, -0.05) is 23.7 Å². The van der Waals surface area contributed by atoms with Gasteiger partial charge >= 0.3 is 0 Å². The van der Waals surface area contributed by atoms with Crippen molar-refractivity contribution in [3.8, 4) is 11.4 Å². The molecule has 0 unspecified atom stereocenters. The number of alkyl halides is 1. The Morgan fingerprint density at radius 2 is 1.86 bits per heavy atom. The monoisotopic (exact) mass is 422 g/mol. The topological polar surface area (TPSA) is 68.6 Å². The minimum atomic E-state index is -3.78. The van der Waals surface area contributed by atoms with Crippen LogP contribution in [0.1, 0.15) is 12.8 Å². The zero-order valence-corrected chi connectivity index (χ0v) is 16.8. The molecule has 1 fully saturated rings. The molecule has 148 valence electrons. The van der Waals surface area contributed by atoms with Crippen LogP contribution in [0.15, 0.2) is 52.2 Å². The Kier molecular flexibility index (Phi) is 4.98. The van der Waals surface area contributed by atoms with Gasteiger partial charge in [0.25, 0.3) is 5.56 Å². The van der Waals surface area contributed by atoms with Gasteiger partial charge in [-0.15, -0.1) is 0 Å². The molecular weight excluding hydrogens is 403 g/mol. The maximum absolute atomic E-state index is 13.4. The minimum absolute atomic E-state index is 0.0602. The van der Waals surface area contributed by atoms with Crippen LogP contribution in [0.4, 0.5) is 4.39 Å². The Balaban J connectivity index is 1.82. The maximum atomic E-state index is 13.4. The first kappa shape index (κ1) is 19.1. The molecule has 2 aromatic carbocycles. The first-order valence-electron chi connectivity index (χ1n) is 8.85. The first-order valence-corrected chi connectivity index (χ1v) is 11.1. The van der Waals surface area contributed by atoms with Gasteiger partial charge in [0, 0.05) is 13.1 Å². The van der Waals surface area contributed by atoms with Crippen LogP contribution >= 0.6 is 11.5 Å². The molecule has 28 heavy (non-hydrogen) atoms. The van der Waals surface area contributed by atoms with Crippen LogP contribution in [0.3, 0.4) is 0 Å². The molecule has 0 saturated carbocycles. The van der Waals surface area contributed by atoms with Gasteiger partial charge in [0.2, 0.25) is 10.0 Å². The van der Waals surface area contributed by atoms with E-state index in [2.05, 4.69) is 0 Å². The predicted molar refractivity (Wildman–Crippen MR) is 107 cm³/mol. The number of hydrogen-bond donors (Lipinski definition) is 0. The number of halogens is 1. The van der Waals surface area contributed by atoms with Crippen LogP contribution in [0, 0.1) is 0 Å².